The van der Waals surface area contributed by atoms with Crippen LogP contribution in [0.1, 0.15) is 24.3 Å². The van der Waals surface area contributed by atoms with Crippen LogP contribution in [0.3, 0.4) is 0 Å². The molecule has 0 amide bonds. The molecule has 0 aliphatic heterocycles. The molecular weight excluding hydrogens is 262 g/mol. The van der Waals surface area contributed by atoms with Crippen LogP contribution >= 0.6 is 15.9 Å². The first kappa shape index (κ1) is 12.0. The highest BCUT2D eigenvalue weighted by molar-refractivity contribution is 9.10. The molecule has 0 aliphatic carbocycles. The Morgan fingerprint density at radius 1 is 1.60 bits per heavy atom. The van der Waals surface area contributed by atoms with Gasteiger partial charge in [-0.3, -0.25) is 0 Å². The van der Waals surface area contributed by atoms with Crippen LogP contribution in [-0.4, -0.2) is 22.7 Å². The van der Waals surface area contributed by atoms with Crippen LogP contribution in [0.15, 0.2) is 16.7 Å². The van der Waals surface area contributed by atoms with Crippen LogP contribution in [0.5, 0.6) is 5.75 Å². The Labute approximate surface area is 96.4 Å². The van der Waals surface area contributed by atoms with Gasteiger partial charge >= 0.3 is 5.97 Å². The van der Waals surface area contributed by atoms with Gasteiger partial charge in [-0.1, -0.05) is 13.8 Å². The fourth-order valence-corrected chi connectivity index (χ4v) is 1.26. The number of carbonyl (C=O) groups is 1. The molecule has 0 saturated heterocycles. The van der Waals surface area contributed by atoms with Gasteiger partial charge in [0.1, 0.15) is 4.60 Å². The summed E-state index contributed by atoms with van der Waals surface area (Å²) in [5.74, 6) is -0.440. The molecule has 0 saturated carbocycles. The number of aromatic nitrogens is 1. The molecule has 1 aromatic heterocycles. The fourth-order valence-electron chi connectivity index (χ4n) is 0.949. The van der Waals surface area contributed by atoms with Crippen LogP contribution in [0.4, 0.5) is 0 Å². The van der Waals surface area contributed by atoms with E-state index in [9.17, 15) is 4.79 Å². The quantitative estimate of drug-likeness (QED) is 0.857. The molecule has 0 bridgehead atoms. The fraction of sp³-hybridized carbons (Fsp3) is 0.400. The average molecular weight is 274 g/mol. The van der Waals surface area contributed by atoms with Gasteiger partial charge in [0.2, 0.25) is 0 Å². The van der Waals surface area contributed by atoms with Crippen LogP contribution in [0.25, 0.3) is 0 Å². The SMILES string of the molecule is CC(C)COc1ccc(Br)nc1C(=O)O. The second-order valence-corrected chi connectivity index (χ2v) is 4.30. The monoisotopic (exact) mass is 273 g/mol. The van der Waals surface area contributed by atoms with Gasteiger partial charge in [-0.2, -0.15) is 0 Å². The van der Waals surface area contributed by atoms with E-state index in [4.69, 9.17) is 9.84 Å². The Morgan fingerprint density at radius 3 is 2.80 bits per heavy atom. The van der Waals surface area contributed by atoms with Gasteiger partial charge in [0.25, 0.3) is 0 Å². The van der Waals surface area contributed by atoms with Crippen LogP contribution in [-0.2, 0) is 0 Å². The van der Waals surface area contributed by atoms with Gasteiger partial charge in [0, 0.05) is 0 Å². The number of halogens is 1. The highest BCUT2D eigenvalue weighted by Crippen LogP contribution is 2.20. The van der Waals surface area contributed by atoms with E-state index < -0.39 is 5.97 Å². The Kier molecular flexibility index (Phi) is 4.08. The van der Waals surface area contributed by atoms with Gasteiger partial charge in [0.05, 0.1) is 6.61 Å². The second kappa shape index (κ2) is 5.11. The molecule has 1 heterocycles. The first-order valence-electron chi connectivity index (χ1n) is 4.53. The predicted molar refractivity (Wildman–Crippen MR) is 59.2 cm³/mol. The smallest absolute Gasteiger partial charge is 0.358 e. The lowest BCUT2D eigenvalue weighted by molar-refractivity contribution is 0.0684. The van der Waals surface area contributed by atoms with Crippen molar-refractivity contribution in [2.75, 3.05) is 6.61 Å². The minimum Gasteiger partial charge on any atom is -0.491 e. The molecule has 0 atom stereocenters. The Hall–Kier alpha value is -1.10. The molecule has 0 aliphatic rings. The third-order valence-electron chi connectivity index (χ3n) is 1.60. The summed E-state index contributed by atoms with van der Waals surface area (Å²) in [7, 11) is 0. The summed E-state index contributed by atoms with van der Waals surface area (Å²) in [4.78, 5) is 14.7. The molecule has 1 aromatic rings. The van der Waals surface area contributed by atoms with Crippen molar-refractivity contribution in [1.29, 1.82) is 0 Å². The zero-order chi connectivity index (χ0) is 11.4. The van der Waals surface area contributed by atoms with Crippen molar-refractivity contribution in [3.05, 3.63) is 22.4 Å². The van der Waals surface area contributed by atoms with Gasteiger partial charge < -0.3 is 9.84 Å². The maximum atomic E-state index is 10.9. The number of ether oxygens (including phenoxy) is 1. The minimum absolute atomic E-state index is 0.0648. The van der Waals surface area contributed by atoms with Crippen molar-refractivity contribution >= 4 is 21.9 Å². The van der Waals surface area contributed by atoms with Crippen LogP contribution in [0, 0.1) is 5.92 Å². The Morgan fingerprint density at radius 2 is 2.27 bits per heavy atom. The first-order valence-corrected chi connectivity index (χ1v) is 5.32. The topological polar surface area (TPSA) is 59.4 Å². The van der Waals surface area contributed by atoms with Gasteiger partial charge in [-0.25, -0.2) is 9.78 Å². The second-order valence-electron chi connectivity index (χ2n) is 3.49. The normalized spacial score (nSPS) is 10.4. The van der Waals surface area contributed by atoms with E-state index in [0.29, 0.717) is 22.9 Å². The molecule has 0 unspecified atom stereocenters. The molecule has 5 heteroatoms. The summed E-state index contributed by atoms with van der Waals surface area (Å²) in [6, 6.07) is 3.25. The highest BCUT2D eigenvalue weighted by atomic mass is 79.9. The number of carboxylic acids is 1. The van der Waals surface area contributed by atoms with E-state index in [1.807, 2.05) is 13.8 Å². The van der Waals surface area contributed by atoms with Crippen molar-refractivity contribution in [2.45, 2.75) is 13.8 Å². The first-order chi connectivity index (χ1) is 7.00. The van der Waals surface area contributed by atoms with Crippen molar-refractivity contribution in [2.24, 2.45) is 5.92 Å². The van der Waals surface area contributed by atoms with Gasteiger partial charge in [-0.15, -0.1) is 0 Å². The van der Waals surface area contributed by atoms with E-state index in [1.165, 1.54) is 0 Å². The molecule has 1 rings (SSSR count). The largest absolute Gasteiger partial charge is 0.491 e. The predicted octanol–water partition coefficient (Wildman–Crippen LogP) is 2.58. The number of hydrogen-bond acceptors (Lipinski definition) is 3. The van der Waals surface area contributed by atoms with E-state index >= 15 is 0 Å². The third-order valence-corrected chi connectivity index (χ3v) is 2.04. The van der Waals surface area contributed by atoms with Gasteiger partial charge in [-0.05, 0) is 34.0 Å². The zero-order valence-corrected chi connectivity index (χ0v) is 10.1. The molecule has 1 N–H and O–H groups in total. The van der Waals surface area contributed by atoms with Crippen LogP contribution < -0.4 is 4.74 Å². The van der Waals surface area contributed by atoms with Gasteiger partial charge in [0.15, 0.2) is 11.4 Å². The molecular formula is C10H12BrNO3. The lowest BCUT2D eigenvalue weighted by atomic mass is 10.2. The van der Waals surface area contributed by atoms with E-state index in [0.717, 1.165) is 0 Å². The zero-order valence-electron chi connectivity index (χ0n) is 8.53. The Bertz CT molecular complexity index is 366. The number of pyridine rings is 1. The summed E-state index contributed by atoms with van der Waals surface area (Å²) in [6.07, 6.45) is 0. The molecule has 0 spiro atoms. The molecule has 0 aromatic carbocycles. The van der Waals surface area contributed by atoms with E-state index in [1.54, 1.807) is 12.1 Å². The number of aromatic carboxylic acids is 1. The minimum atomic E-state index is -1.09. The summed E-state index contributed by atoms with van der Waals surface area (Å²) in [6.45, 7) is 4.46. The van der Waals surface area contributed by atoms with Crippen molar-refractivity contribution in [1.82, 2.24) is 4.98 Å². The number of hydrogen-bond donors (Lipinski definition) is 1. The van der Waals surface area contributed by atoms with E-state index in [-0.39, 0.29) is 5.69 Å². The molecule has 82 valence electrons. The molecule has 0 fully saturated rings. The van der Waals surface area contributed by atoms with Crippen molar-refractivity contribution in [3.8, 4) is 5.75 Å². The van der Waals surface area contributed by atoms with Crippen molar-refractivity contribution in [3.63, 3.8) is 0 Å². The summed E-state index contributed by atoms with van der Waals surface area (Å²) in [5.41, 5.74) is -0.0648. The van der Waals surface area contributed by atoms with Crippen molar-refractivity contribution < 1.29 is 14.6 Å². The number of rotatable bonds is 4. The standard InChI is InChI=1S/C10H12BrNO3/c1-6(2)5-15-7-3-4-8(11)12-9(7)10(13)14/h3-4,6H,5H2,1-2H3,(H,13,14). The van der Waals surface area contributed by atoms with Crippen LogP contribution in [0.2, 0.25) is 0 Å². The molecule has 15 heavy (non-hydrogen) atoms. The summed E-state index contributed by atoms with van der Waals surface area (Å²) in [5, 5.41) is 8.89. The third kappa shape index (κ3) is 3.51. The average Bonchev–Trinajstić information content (AvgIpc) is 2.15. The molecule has 4 nitrogen and oxygen atoms in total. The summed E-state index contributed by atoms with van der Waals surface area (Å²) >= 11 is 3.11. The number of carboxylic acid groups (broad SMARTS) is 1. The van der Waals surface area contributed by atoms with E-state index in [2.05, 4.69) is 20.9 Å². The maximum absolute atomic E-state index is 10.9. The lowest BCUT2D eigenvalue weighted by Crippen LogP contribution is -2.10. The highest BCUT2D eigenvalue weighted by Gasteiger charge is 2.14. The molecule has 0 radical (unpaired) electrons. The maximum Gasteiger partial charge on any atom is 0.358 e. The number of nitrogens with zero attached hydrogens (tertiary/aromatic N) is 1. The summed E-state index contributed by atoms with van der Waals surface area (Å²) < 4.78 is 5.83. The Balaban J connectivity index is 2.91. The lowest BCUT2D eigenvalue weighted by Gasteiger charge is -2.10.